The predicted molar refractivity (Wildman–Crippen MR) is 82.8 cm³/mol. The van der Waals surface area contributed by atoms with Gasteiger partial charge in [0.05, 0.1) is 6.04 Å². The molecular weight excluding hydrogens is 240 g/mol. The first-order valence-electron chi connectivity index (χ1n) is 6.55. The van der Waals surface area contributed by atoms with Gasteiger partial charge in [-0.3, -0.25) is 4.99 Å². The highest BCUT2D eigenvalue weighted by atomic mass is 32.2. The number of nitrogens with one attached hydrogen (secondary N) is 1. The summed E-state index contributed by atoms with van der Waals surface area (Å²) in [7, 11) is 0. The van der Waals surface area contributed by atoms with E-state index >= 15 is 0 Å². The summed E-state index contributed by atoms with van der Waals surface area (Å²) in [6.45, 7) is 10.9. The quantitative estimate of drug-likeness (QED) is 0.816. The Morgan fingerprint density at radius 3 is 2.33 bits per heavy atom. The summed E-state index contributed by atoms with van der Waals surface area (Å²) in [6.07, 6.45) is 1.17. The van der Waals surface area contributed by atoms with Gasteiger partial charge in [-0.1, -0.05) is 36.4 Å². The number of hydrogen-bond donors (Lipinski definition) is 1. The minimum Gasteiger partial charge on any atom is -0.335 e. The number of hydrogen-bond acceptors (Lipinski definition) is 3. The van der Waals surface area contributed by atoms with Gasteiger partial charge in [-0.2, -0.15) is 0 Å². The van der Waals surface area contributed by atoms with Crippen molar-refractivity contribution in [3.05, 3.63) is 28.8 Å². The van der Waals surface area contributed by atoms with E-state index in [1.807, 2.05) is 11.8 Å². The normalized spacial score (nSPS) is 23.7. The van der Waals surface area contributed by atoms with E-state index in [2.05, 4.69) is 52.1 Å². The van der Waals surface area contributed by atoms with Crippen LogP contribution >= 0.6 is 11.8 Å². The van der Waals surface area contributed by atoms with Gasteiger partial charge in [0.25, 0.3) is 0 Å². The van der Waals surface area contributed by atoms with Crippen molar-refractivity contribution in [2.24, 2.45) is 4.99 Å². The van der Waals surface area contributed by atoms with Gasteiger partial charge in [0.2, 0.25) is 0 Å². The second-order valence-electron chi connectivity index (χ2n) is 5.35. The zero-order valence-electron chi connectivity index (χ0n) is 11.9. The minimum absolute atomic E-state index is 0.426. The molecule has 1 aliphatic rings. The van der Waals surface area contributed by atoms with Gasteiger partial charge in [-0.25, -0.2) is 0 Å². The van der Waals surface area contributed by atoms with Crippen molar-refractivity contribution in [1.29, 1.82) is 0 Å². The fourth-order valence-corrected chi connectivity index (χ4v) is 3.71. The lowest BCUT2D eigenvalue weighted by molar-refractivity contribution is 0.661. The lowest BCUT2D eigenvalue weighted by Crippen LogP contribution is -2.23. The first-order chi connectivity index (χ1) is 8.45. The number of nitrogens with zero attached hydrogens (tertiary/aromatic N) is 1. The SMILES string of the molecule is Cc1cc(C)c(NC2=NC(C)CC(C)S2)c(C)c1. The number of benzene rings is 1. The third-order valence-electron chi connectivity index (χ3n) is 3.23. The number of anilines is 1. The van der Waals surface area contributed by atoms with E-state index in [1.54, 1.807) is 0 Å². The largest absolute Gasteiger partial charge is 0.335 e. The summed E-state index contributed by atoms with van der Waals surface area (Å²) in [6, 6.07) is 4.86. The maximum absolute atomic E-state index is 4.70. The summed E-state index contributed by atoms with van der Waals surface area (Å²) >= 11 is 1.85. The van der Waals surface area contributed by atoms with Gasteiger partial charge in [0.15, 0.2) is 5.17 Å². The molecule has 0 spiro atoms. The minimum atomic E-state index is 0.426. The molecule has 0 saturated heterocycles. The fraction of sp³-hybridized carbons (Fsp3) is 0.533. The Morgan fingerprint density at radius 2 is 1.78 bits per heavy atom. The highest BCUT2D eigenvalue weighted by Gasteiger charge is 2.19. The van der Waals surface area contributed by atoms with Crippen LogP contribution in [0.25, 0.3) is 0 Å². The molecule has 98 valence electrons. The van der Waals surface area contributed by atoms with E-state index in [4.69, 9.17) is 4.99 Å². The molecule has 0 saturated carbocycles. The van der Waals surface area contributed by atoms with Crippen LogP contribution in [0.15, 0.2) is 17.1 Å². The van der Waals surface area contributed by atoms with E-state index in [0.29, 0.717) is 11.3 Å². The van der Waals surface area contributed by atoms with Crippen molar-refractivity contribution in [2.75, 3.05) is 5.32 Å². The molecule has 0 aliphatic carbocycles. The van der Waals surface area contributed by atoms with Gasteiger partial charge >= 0.3 is 0 Å². The molecule has 0 radical (unpaired) electrons. The molecule has 1 N–H and O–H groups in total. The number of aliphatic imine (C=N–C) groups is 1. The highest BCUT2D eigenvalue weighted by molar-refractivity contribution is 8.14. The molecule has 1 aromatic rings. The smallest absolute Gasteiger partial charge is 0.161 e. The monoisotopic (exact) mass is 262 g/mol. The van der Waals surface area contributed by atoms with Crippen molar-refractivity contribution in [3.63, 3.8) is 0 Å². The van der Waals surface area contributed by atoms with Crippen LogP contribution in [0.1, 0.15) is 37.0 Å². The third-order valence-corrected chi connectivity index (χ3v) is 4.26. The molecule has 0 fully saturated rings. The van der Waals surface area contributed by atoms with Crippen molar-refractivity contribution < 1.29 is 0 Å². The van der Waals surface area contributed by atoms with E-state index in [9.17, 15) is 0 Å². The summed E-state index contributed by atoms with van der Waals surface area (Å²) in [5.74, 6) is 0. The number of aryl methyl sites for hydroxylation is 3. The fourth-order valence-electron chi connectivity index (χ4n) is 2.55. The Hall–Kier alpha value is -0.960. The molecule has 2 nitrogen and oxygen atoms in total. The first kappa shape index (κ1) is 13.5. The van der Waals surface area contributed by atoms with Crippen molar-refractivity contribution in [1.82, 2.24) is 0 Å². The second kappa shape index (κ2) is 5.35. The van der Waals surface area contributed by atoms with Crippen molar-refractivity contribution >= 4 is 22.6 Å². The Kier molecular flexibility index (Phi) is 4.00. The Bertz CT molecular complexity index is 456. The molecule has 0 bridgehead atoms. The van der Waals surface area contributed by atoms with E-state index < -0.39 is 0 Å². The zero-order chi connectivity index (χ0) is 13.3. The zero-order valence-corrected chi connectivity index (χ0v) is 12.7. The lowest BCUT2D eigenvalue weighted by atomic mass is 10.1. The maximum atomic E-state index is 4.70. The maximum Gasteiger partial charge on any atom is 0.161 e. The molecule has 1 heterocycles. The first-order valence-corrected chi connectivity index (χ1v) is 7.43. The third kappa shape index (κ3) is 3.08. The molecular formula is C15H22N2S. The van der Waals surface area contributed by atoms with Gasteiger partial charge < -0.3 is 5.32 Å². The predicted octanol–water partition coefficient (Wildman–Crippen LogP) is 4.29. The highest BCUT2D eigenvalue weighted by Crippen LogP contribution is 2.28. The Labute approximate surface area is 114 Å². The van der Waals surface area contributed by atoms with Gasteiger partial charge in [-0.15, -0.1) is 0 Å². The van der Waals surface area contributed by atoms with Gasteiger partial charge in [-0.05, 0) is 45.2 Å². The number of thioether (sulfide) groups is 1. The van der Waals surface area contributed by atoms with Gasteiger partial charge in [0.1, 0.15) is 0 Å². The number of rotatable bonds is 1. The number of amidine groups is 1. The summed E-state index contributed by atoms with van der Waals surface area (Å²) in [5.41, 5.74) is 5.12. The molecule has 18 heavy (non-hydrogen) atoms. The van der Waals surface area contributed by atoms with Crippen LogP contribution < -0.4 is 5.32 Å². The lowest BCUT2D eigenvalue weighted by Gasteiger charge is -2.24. The van der Waals surface area contributed by atoms with Gasteiger partial charge in [0, 0.05) is 10.9 Å². The van der Waals surface area contributed by atoms with Crippen LogP contribution in [0.4, 0.5) is 5.69 Å². The molecule has 1 aliphatic heterocycles. The average molecular weight is 262 g/mol. The molecule has 0 aromatic heterocycles. The van der Waals surface area contributed by atoms with Crippen molar-refractivity contribution in [3.8, 4) is 0 Å². The molecule has 2 unspecified atom stereocenters. The standard InChI is InChI=1S/C15H22N2S/c1-9-6-10(2)14(11(3)7-9)17-15-16-12(4)8-13(5)18-15/h6-7,12-13H,8H2,1-5H3,(H,16,17). The van der Waals surface area contributed by atoms with E-state index in [-0.39, 0.29) is 0 Å². The molecule has 2 rings (SSSR count). The summed E-state index contributed by atoms with van der Waals surface area (Å²) in [5, 5.41) is 5.23. The van der Waals surface area contributed by atoms with E-state index in [0.717, 1.165) is 5.17 Å². The summed E-state index contributed by atoms with van der Waals surface area (Å²) < 4.78 is 0. The van der Waals surface area contributed by atoms with Crippen LogP contribution in [0.3, 0.4) is 0 Å². The van der Waals surface area contributed by atoms with Crippen LogP contribution in [0, 0.1) is 20.8 Å². The molecule has 1 aromatic carbocycles. The van der Waals surface area contributed by atoms with Crippen LogP contribution in [-0.4, -0.2) is 16.5 Å². The van der Waals surface area contributed by atoms with E-state index in [1.165, 1.54) is 28.8 Å². The molecule has 2 atom stereocenters. The topological polar surface area (TPSA) is 24.4 Å². The van der Waals surface area contributed by atoms with Crippen molar-refractivity contribution in [2.45, 2.75) is 52.3 Å². The Morgan fingerprint density at radius 1 is 1.17 bits per heavy atom. The van der Waals surface area contributed by atoms with Crippen LogP contribution in [0.2, 0.25) is 0 Å². The molecule has 3 heteroatoms. The van der Waals surface area contributed by atoms with Crippen LogP contribution in [0.5, 0.6) is 0 Å². The average Bonchev–Trinajstić information content (AvgIpc) is 2.22. The second-order valence-corrected chi connectivity index (χ2v) is 6.77. The molecule has 0 amide bonds. The Balaban J connectivity index is 2.24. The summed E-state index contributed by atoms with van der Waals surface area (Å²) in [4.78, 5) is 4.70. The van der Waals surface area contributed by atoms with Crippen LogP contribution in [-0.2, 0) is 0 Å².